The largest absolute Gasteiger partial charge is 0.399 e. The maximum absolute atomic E-state index is 12.4. The molecule has 0 saturated heterocycles. The minimum atomic E-state index is -3.45. The van der Waals surface area contributed by atoms with Gasteiger partial charge in [0.1, 0.15) is 0 Å². The van der Waals surface area contributed by atoms with Crippen LogP contribution in [-0.4, -0.2) is 25.8 Å². The minimum Gasteiger partial charge on any atom is -0.399 e. The van der Waals surface area contributed by atoms with Crippen LogP contribution < -0.4 is 10.5 Å². The van der Waals surface area contributed by atoms with E-state index in [1.54, 1.807) is 12.1 Å². The van der Waals surface area contributed by atoms with Crippen LogP contribution in [0.5, 0.6) is 0 Å². The zero-order chi connectivity index (χ0) is 15.2. The number of nitrogens with zero attached hydrogens (tertiary/aromatic N) is 1. The monoisotopic (exact) mass is 299 g/mol. The zero-order valence-corrected chi connectivity index (χ0v) is 13.3. The molecule has 6 heteroatoms. The molecule has 0 heterocycles. The van der Waals surface area contributed by atoms with Crippen LogP contribution in [0.25, 0.3) is 0 Å². The second-order valence-electron chi connectivity index (χ2n) is 4.91. The molecule has 0 aliphatic heterocycles. The molecule has 1 rings (SSSR count). The summed E-state index contributed by atoms with van der Waals surface area (Å²) in [5.41, 5.74) is 7.20. The molecular weight excluding hydrogens is 274 g/mol. The molecule has 1 aromatic carbocycles. The first-order chi connectivity index (χ1) is 9.40. The van der Waals surface area contributed by atoms with E-state index >= 15 is 0 Å². The number of hydrogen-bond acceptors (Lipinski definition) is 3. The highest BCUT2D eigenvalue weighted by atomic mass is 32.2. The molecule has 5 nitrogen and oxygen atoms in total. The summed E-state index contributed by atoms with van der Waals surface area (Å²) in [5.74, 6) is 0. The molecule has 0 amide bonds. The Bertz CT molecular complexity index is 494. The maximum atomic E-state index is 12.4. The molecule has 3 N–H and O–H groups in total. The highest BCUT2D eigenvalue weighted by Gasteiger charge is 2.22. The third-order valence-corrected chi connectivity index (χ3v) is 4.74. The summed E-state index contributed by atoms with van der Waals surface area (Å²) in [5, 5.41) is 0. The molecule has 0 radical (unpaired) electrons. The molecule has 0 aliphatic rings. The lowest BCUT2D eigenvalue weighted by Gasteiger charge is -2.24. The first-order valence-electron chi connectivity index (χ1n) is 7.03. The van der Waals surface area contributed by atoms with Crippen LogP contribution in [0, 0.1) is 0 Å². The predicted molar refractivity (Wildman–Crippen MR) is 83.5 cm³/mol. The van der Waals surface area contributed by atoms with Gasteiger partial charge in [0.05, 0.1) is 0 Å². The van der Waals surface area contributed by atoms with Gasteiger partial charge in [-0.1, -0.05) is 26.0 Å². The number of hydrogen-bond donors (Lipinski definition) is 2. The predicted octanol–water partition coefficient (Wildman–Crippen LogP) is 2.29. The van der Waals surface area contributed by atoms with Gasteiger partial charge < -0.3 is 5.73 Å². The van der Waals surface area contributed by atoms with Gasteiger partial charge in [-0.2, -0.15) is 17.4 Å². The van der Waals surface area contributed by atoms with E-state index in [1.165, 1.54) is 4.31 Å². The first kappa shape index (κ1) is 16.9. The van der Waals surface area contributed by atoms with Crippen LogP contribution in [0.4, 0.5) is 5.69 Å². The Balaban J connectivity index is 2.80. The second kappa shape index (κ2) is 7.61. The molecule has 1 unspecified atom stereocenters. The van der Waals surface area contributed by atoms with Crippen molar-refractivity contribution < 1.29 is 8.42 Å². The lowest BCUT2D eigenvalue weighted by molar-refractivity contribution is 0.397. The SMILES string of the molecule is CCCN(CCC)S(=O)(=O)NC(C)c1ccc(N)cc1. The van der Waals surface area contributed by atoms with Gasteiger partial charge in [0.2, 0.25) is 0 Å². The number of benzene rings is 1. The van der Waals surface area contributed by atoms with Crippen LogP contribution in [0.3, 0.4) is 0 Å². The van der Waals surface area contributed by atoms with Gasteiger partial charge in [0.15, 0.2) is 0 Å². The zero-order valence-electron chi connectivity index (χ0n) is 12.5. The van der Waals surface area contributed by atoms with E-state index in [2.05, 4.69) is 4.72 Å². The Hall–Kier alpha value is -1.11. The van der Waals surface area contributed by atoms with E-state index in [0.29, 0.717) is 18.8 Å². The van der Waals surface area contributed by atoms with Crippen LogP contribution in [0.1, 0.15) is 45.2 Å². The fourth-order valence-corrected chi connectivity index (χ4v) is 3.58. The fraction of sp³-hybridized carbons (Fsp3) is 0.571. The van der Waals surface area contributed by atoms with Crippen molar-refractivity contribution in [3.05, 3.63) is 29.8 Å². The van der Waals surface area contributed by atoms with Crippen LogP contribution in [0.2, 0.25) is 0 Å². The topological polar surface area (TPSA) is 75.4 Å². The summed E-state index contributed by atoms with van der Waals surface area (Å²) in [6.07, 6.45) is 1.61. The van der Waals surface area contributed by atoms with Crippen molar-refractivity contribution in [1.82, 2.24) is 9.03 Å². The summed E-state index contributed by atoms with van der Waals surface area (Å²) < 4.78 is 28.9. The van der Waals surface area contributed by atoms with Crippen molar-refractivity contribution in [2.24, 2.45) is 0 Å². The standard InChI is InChI=1S/C14H25N3O2S/c1-4-10-17(11-5-2)20(18,19)16-12(3)13-6-8-14(15)9-7-13/h6-9,12,16H,4-5,10-11,15H2,1-3H3. The van der Waals surface area contributed by atoms with Crippen molar-refractivity contribution >= 4 is 15.9 Å². The van der Waals surface area contributed by atoms with E-state index < -0.39 is 10.2 Å². The molecular formula is C14H25N3O2S. The molecule has 0 bridgehead atoms. The molecule has 0 aliphatic carbocycles. The smallest absolute Gasteiger partial charge is 0.279 e. The van der Waals surface area contributed by atoms with Gasteiger partial charge in [-0.05, 0) is 37.5 Å². The molecule has 114 valence electrons. The van der Waals surface area contributed by atoms with Crippen molar-refractivity contribution in [3.63, 3.8) is 0 Å². The summed E-state index contributed by atoms with van der Waals surface area (Å²) in [6, 6.07) is 6.95. The number of nitrogen functional groups attached to an aromatic ring is 1. The van der Waals surface area contributed by atoms with Crippen LogP contribution in [0.15, 0.2) is 24.3 Å². The minimum absolute atomic E-state index is 0.281. The quantitative estimate of drug-likeness (QED) is 0.723. The highest BCUT2D eigenvalue weighted by molar-refractivity contribution is 7.87. The lowest BCUT2D eigenvalue weighted by Crippen LogP contribution is -2.42. The number of anilines is 1. The van der Waals surface area contributed by atoms with Crippen molar-refractivity contribution in [3.8, 4) is 0 Å². The first-order valence-corrected chi connectivity index (χ1v) is 8.47. The average molecular weight is 299 g/mol. The molecule has 0 saturated carbocycles. The molecule has 0 aromatic heterocycles. The summed E-state index contributed by atoms with van der Waals surface area (Å²) in [7, 11) is -3.45. The van der Waals surface area contributed by atoms with Crippen LogP contribution in [-0.2, 0) is 10.2 Å². The molecule has 0 spiro atoms. The van der Waals surface area contributed by atoms with Gasteiger partial charge in [-0.25, -0.2) is 0 Å². The lowest BCUT2D eigenvalue weighted by atomic mass is 10.1. The molecule has 20 heavy (non-hydrogen) atoms. The molecule has 1 atom stereocenters. The summed E-state index contributed by atoms with van der Waals surface area (Å²) in [4.78, 5) is 0. The average Bonchev–Trinajstić information content (AvgIpc) is 2.38. The van der Waals surface area contributed by atoms with E-state index in [-0.39, 0.29) is 6.04 Å². The summed E-state index contributed by atoms with van der Waals surface area (Å²) >= 11 is 0. The van der Waals surface area contributed by atoms with Gasteiger partial charge in [0.25, 0.3) is 10.2 Å². The Morgan fingerprint density at radius 2 is 1.65 bits per heavy atom. The summed E-state index contributed by atoms with van der Waals surface area (Å²) in [6.45, 7) is 6.86. The van der Waals surface area contributed by atoms with Gasteiger partial charge in [0, 0.05) is 24.8 Å². The van der Waals surface area contributed by atoms with E-state index in [1.807, 2.05) is 32.9 Å². The van der Waals surface area contributed by atoms with E-state index in [4.69, 9.17) is 5.73 Å². The number of nitrogens with two attached hydrogens (primary N) is 1. The van der Waals surface area contributed by atoms with Gasteiger partial charge in [-0.3, -0.25) is 0 Å². The molecule has 0 fully saturated rings. The Morgan fingerprint density at radius 1 is 1.15 bits per heavy atom. The van der Waals surface area contributed by atoms with Crippen molar-refractivity contribution in [2.75, 3.05) is 18.8 Å². The van der Waals surface area contributed by atoms with Gasteiger partial charge in [-0.15, -0.1) is 0 Å². The van der Waals surface area contributed by atoms with E-state index in [9.17, 15) is 8.42 Å². The fourth-order valence-electron chi connectivity index (χ4n) is 2.00. The number of nitrogens with one attached hydrogen (secondary N) is 1. The van der Waals surface area contributed by atoms with E-state index in [0.717, 1.165) is 18.4 Å². The normalized spacial score (nSPS) is 13.6. The third-order valence-electron chi connectivity index (χ3n) is 3.05. The Kier molecular flexibility index (Phi) is 6.45. The second-order valence-corrected chi connectivity index (χ2v) is 6.61. The maximum Gasteiger partial charge on any atom is 0.279 e. The highest BCUT2D eigenvalue weighted by Crippen LogP contribution is 2.16. The Morgan fingerprint density at radius 3 is 2.10 bits per heavy atom. The van der Waals surface area contributed by atoms with Crippen molar-refractivity contribution in [2.45, 2.75) is 39.7 Å². The van der Waals surface area contributed by atoms with Crippen molar-refractivity contribution in [1.29, 1.82) is 0 Å². The van der Waals surface area contributed by atoms with Crippen LogP contribution >= 0.6 is 0 Å². The number of rotatable bonds is 8. The third kappa shape index (κ3) is 4.77. The van der Waals surface area contributed by atoms with Gasteiger partial charge >= 0.3 is 0 Å². The molecule has 1 aromatic rings. The Labute approximate surface area is 122 Å².